The van der Waals surface area contributed by atoms with Crippen LogP contribution in [0.5, 0.6) is 0 Å². The number of hydrogen-bond donors (Lipinski definition) is 1. The van der Waals surface area contributed by atoms with Crippen molar-refractivity contribution >= 4 is 21.6 Å². The average molecular weight is 283 g/mol. The van der Waals surface area contributed by atoms with Crippen LogP contribution < -0.4 is 5.32 Å². The Morgan fingerprint density at radius 1 is 1.44 bits per heavy atom. The van der Waals surface area contributed by atoms with Gasteiger partial charge in [0.05, 0.1) is 0 Å². The number of likely N-dealkylation sites (tertiary alicyclic amines) is 1. The smallest absolute Gasteiger partial charge is 0.0489 e. The lowest BCUT2D eigenvalue weighted by atomic mass is 10.1. The summed E-state index contributed by atoms with van der Waals surface area (Å²) < 4.78 is 1.15. The first kappa shape index (κ1) is 11.9. The fourth-order valence-corrected chi connectivity index (χ4v) is 2.63. The van der Waals surface area contributed by atoms with E-state index in [0.29, 0.717) is 12.1 Å². The highest BCUT2D eigenvalue weighted by Crippen LogP contribution is 2.26. The molecule has 0 aliphatic carbocycles. The van der Waals surface area contributed by atoms with E-state index < -0.39 is 0 Å². The second-order valence-corrected chi connectivity index (χ2v) is 5.70. The molecular weight excluding hydrogens is 264 g/mol. The number of rotatable bonds is 2. The van der Waals surface area contributed by atoms with E-state index in [-0.39, 0.29) is 0 Å². The van der Waals surface area contributed by atoms with E-state index in [2.05, 4.69) is 65.2 Å². The van der Waals surface area contributed by atoms with E-state index in [1.165, 1.54) is 17.7 Å². The van der Waals surface area contributed by atoms with Gasteiger partial charge < -0.3 is 10.2 Å². The first-order chi connectivity index (χ1) is 7.56. The van der Waals surface area contributed by atoms with E-state index in [9.17, 15) is 0 Å². The predicted molar refractivity (Wildman–Crippen MR) is 73.0 cm³/mol. The van der Waals surface area contributed by atoms with Gasteiger partial charge in [0, 0.05) is 28.8 Å². The maximum absolute atomic E-state index is 3.62. The maximum Gasteiger partial charge on any atom is 0.0489 e. The summed E-state index contributed by atoms with van der Waals surface area (Å²) >= 11 is 3.59. The lowest BCUT2D eigenvalue weighted by Gasteiger charge is -2.16. The number of likely N-dealkylation sites (N-methyl/N-ethyl adjacent to an activating group) is 1. The van der Waals surface area contributed by atoms with E-state index in [0.717, 1.165) is 11.0 Å². The second kappa shape index (κ2) is 4.76. The molecule has 1 heterocycles. The molecule has 0 saturated carbocycles. The van der Waals surface area contributed by atoms with Gasteiger partial charge in [0.25, 0.3) is 0 Å². The minimum absolute atomic E-state index is 0.568. The van der Waals surface area contributed by atoms with Crippen LogP contribution in [0.3, 0.4) is 0 Å². The fourth-order valence-electron chi connectivity index (χ4n) is 2.27. The van der Waals surface area contributed by atoms with Gasteiger partial charge in [-0.2, -0.15) is 0 Å². The van der Waals surface area contributed by atoms with E-state index >= 15 is 0 Å². The third-order valence-corrected chi connectivity index (χ3v) is 4.06. The molecule has 1 aromatic carbocycles. The Bertz CT molecular complexity index is 368. The number of halogens is 1. The van der Waals surface area contributed by atoms with Crippen molar-refractivity contribution in [2.75, 3.05) is 18.9 Å². The summed E-state index contributed by atoms with van der Waals surface area (Å²) in [5.74, 6) is 0. The highest BCUT2D eigenvalue weighted by atomic mass is 79.9. The molecule has 3 heteroatoms. The van der Waals surface area contributed by atoms with E-state index in [1.54, 1.807) is 0 Å². The second-order valence-electron chi connectivity index (χ2n) is 4.85. The maximum atomic E-state index is 3.62. The summed E-state index contributed by atoms with van der Waals surface area (Å²) in [5, 5.41) is 3.62. The molecule has 2 atom stereocenters. The van der Waals surface area contributed by atoms with Crippen LogP contribution in [-0.2, 0) is 0 Å². The molecule has 1 aromatic rings. The summed E-state index contributed by atoms with van der Waals surface area (Å²) in [4.78, 5) is 2.40. The molecule has 0 spiro atoms. The van der Waals surface area contributed by atoms with Gasteiger partial charge in [0.1, 0.15) is 0 Å². The van der Waals surface area contributed by atoms with Crippen LogP contribution in [0, 0.1) is 6.92 Å². The summed E-state index contributed by atoms with van der Waals surface area (Å²) in [6.45, 7) is 5.54. The average Bonchev–Trinajstić information content (AvgIpc) is 2.52. The number of hydrogen-bond acceptors (Lipinski definition) is 2. The number of aryl methyl sites for hydroxylation is 1. The van der Waals surface area contributed by atoms with Crippen LogP contribution >= 0.6 is 15.9 Å². The molecule has 1 saturated heterocycles. The van der Waals surface area contributed by atoms with Crippen molar-refractivity contribution in [3.8, 4) is 0 Å². The van der Waals surface area contributed by atoms with Gasteiger partial charge in [-0.25, -0.2) is 0 Å². The molecule has 2 unspecified atom stereocenters. The van der Waals surface area contributed by atoms with Crippen LogP contribution in [-0.4, -0.2) is 30.6 Å². The highest BCUT2D eigenvalue weighted by Gasteiger charge is 2.26. The normalized spacial score (nSPS) is 26.0. The molecule has 0 amide bonds. The van der Waals surface area contributed by atoms with Gasteiger partial charge in [-0.05, 0) is 60.9 Å². The topological polar surface area (TPSA) is 15.3 Å². The van der Waals surface area contributed by atoms with Crippen molar-refractivity contribution in [3.63, 3.8) is 0 Å². The Kier molecular flexibility index (Phi) is 3.55. The highest BCUT2D eigenvalue weighted by molar-refractivity contribution is 9.10. The third-order valence-electron chi connectivity index (χ3n) is 3.37. The first-order valence-electron chi connectivity index (χ1n) is 5.79. The largest absolute Gasteiger partial charge is 0.380 e. The van der Waals surface area contributed by atoms with Crippen molar-refractivity contribution < 1.29 is 0 Å². The minimum Gasteiger partial charge on any atom is -0.380 e. The molecule has 1 N–H and O–H groups in total. The SMILES string of the molecule is Cc1ccc(Br)c(NC2CC(C)N(C)C2)c1. The molecule has 0 bridgehead atoms. The summed E-state index contributed by atoms with van der Waals surface area (Å²) in [6, 6.07) is 7.69. The summed E-state index contributed by atoms with van der Waals surface area (Å²) in [6.07, 6.45) is 1.22. The number of nitrogens with one attached hydrogen (secondary N) is 1. The Hall–Kier alpha value is -0.540. The van der Waals surface area contributed by atoms with Gasteiger partial charge >= 0.3 is 0 Å². The van der Waals surface area contributed by atoms with Crippen LogP contribution in [0.2, 0.25) is 0 Å². The Morgan fingerprint density at radius 2 is 2.19 bits per heavy atom. The van der Waals surface area contributed by atoms with Crippen molar-refractivity contribution in [2.45, 2.75) is 32.4 Å². The third kappa shape index (κ3) is 2.58. The molecule has 1 fully saturated rings. The van der Waals surface area contributed by atoms with Crippen LogP contribution in [0.25, 0.3) is 0 Å². The van der Waals surface area contributed by atoms with Gasteiger partial charge in [-0.1, -0.05) is 6.07 Å². The number of anilines is 1. The lowest BCUT2D eigenvalue weighted by Crippen LogP contribution is -2.25. The van der Waals surface area contributed by atoms with Crippen molar-refractivity contribution in [1.82, 2.24) is 4.90 Å². The van der Waals surface area contributed by atoms with Crippen molar-refractivity contribution in [3.05, 3.63) is 28.2 Å². The zero-order chi connectivity index (χ0) is 11.7. The molecule has 16 heavy (non-hydrogen) atoms. The minimum atomic E-state index is 0.568. The van der Waals surface area contributed by atoms with E-state index in [1.807, 2.05) is 0 Å². The van der Waals surface area contributed by atoms with Gasteiger partial charge in [0.2, 0.25) is 0 Å². The van der Waals surface area contributed by atoms with Crippen molar-refractivity contribution in [1.29, 1.82) is 0 Å². The number of nitrogens with zero attached hydrogens (tertiary/aromatic N) is 1. The Morgan fingerprint density at radius 3 is 2.81 bits per heavy atom. The van der Waals surface area contributed by atoms with Gasteiger partial charge in [-0.3, -0.25) is 0 Å². The van der Waals surface area contributed by atoms with E-state index in [4.69, 9.17) is 0 Å². The lowest BCUT2D eigenvalue weighted by molar-refractivity contribution is 0.330. The molecule has 0 aromatic heterocycles. The standard InChI is InChI=1S/C13H19BrN2/c1-9-4-5-12(14)13(6-9)15-11-7-10(2)16(3)8-11/h4-6,10-11,15H,7-8H2,1-3H3. The molecule has 88 valence electrons. The number of benzene rings is 1. The molecular formula is C13H19BrN2. The van der Waals surface area contributed by atoms with Gasteiger partial charge in [-0.15, -0.1) is 0 Å². The predicted octanol–water partition coefficient (Wildman–Crippen LogP) is 3.26. The summed E-state index contributed by atoms with van der Waals surface area (Å²) in [5.41, 5.74) is 2.51. The molecule has 1 aliphatic rings. The molecule has 1 aliphatic heterocycles. The Labute approximate surface area is 106 Å². The van der Waals surface area contributed by atoms with Gasteiger partial charge in [0.15, 0.2) is 0 Å². The van der Waals surface area contributed by atoms with Crippen molar-refractivity contribution in [2.24, 2.45) is 0 Å². The van der Waals surface area contributed by atoms with Crippen LogP contribution in [0.4, 0.5) is 5.69 Å². The molecule has 2 nitrogen and oxygen atoms in total. The van der Waals surface area contributed by atoms with Crippen LogP contribution in [0.1, 0.15) is 18.9 Å². The fraction of sp³-hybridized carbons (Fsp3) is 0.538. The molecule has 0 radical (unpaired) electrons. The monoisotopic (exact) mass is 282 g/mol. The summed E-state index contributed by atoms with van der Waals surface area (Å²) in [7, 11) is 2.19. The molecule has 2 rings (SSSR count). The zero-order valence-electron chi connectivity index (χ0n) is 10.1. The van der Waals surface area contributed by atoms with Crippen LogP contribution in [0.15, 0.2) is 22.7 Å². The quantitative estimate of drug-likeness (QED) is 0.896. The Balaban J connectivity index is 2.07. The first-order valence-corrected chi connectivity index (χ1v) is 6.58. The zero-order valence-corrected chi connectivity index (χ0v) is 11.7.